The fraction of sp³-hybridized carbons (Fsp3) is 0.364. The van der Waals surface area contributed by atoms with Gasteiger partial charge in [0.25, 0.3) is 0 Å². The quantitative estimate of drug-likeness (QED) is 0.739. The van der Waals surface area contributed by atoms with Gasteiger partial charge in [-0.25, -0.2) is 9.18 Å². The fourth-order valence-electron chi connectivity index (χ4n) is 3.98. The summed E-state index contributed by atoms with van der Waals surface area (Å²) in [6, 6.07) is 13.9. The fourth-order valence-corrected chi connectivity index (χ4v) is 5.28. The Labute approximate surface area is 184 Å². The Balaban J connectivity index is 1.62. The first-order valence-electron chi connectivity index (χ1n) is 9.96. The number of fused-ring (bicyclic) bond motifs is 1. The molecule has 7 nitrogen and oxygen atoms in total. The zero-order valence-corrected chi connectivity index (χ0v) is 18.4. The summed E-state index contributed by atoms with van der Waals surface area (Å²) in [5.41, 5.74) is 1.52. The maximum atomic E-state index is 14.2. The molecule has 4 unspecified atom stereocenters. The number of hydrogen-bond acceptors (Lipinski definition) is 6. The topological polar surface area (TPSA) is 73.9 Å². The van der Waals surface area contributed by atoms with Crippen molar-refractivity contribution in [2.45, 2.75) is 23.5 Å². The highest BCUT2D eigenvalue weighted by atomic mass is 32.2. The average molecular weight is 445 g/mol. The Morgan fingerprint density at radius 2 is 1.77 bits per heavy atom. The van der Waals surface area contributed by atoms with Crippen LogP contribution in [0.2, 0.25) is 0 Å². The van der Waals surface area contributed by atoms with Crippen LogP contribution in [0.5, 0.6) is 5.75 Å². The highest BCUT2D eigenvalue weighted by molar-refractivity contribution is 7.99. The van der Waals surface area contributed by atoms with E-state index in [-0.39, 0.29) is 29.3 Å². The molecule has 164 valence electrons. The molecule has 2 N–H and O–H groups in total. The van der Waals surface area contributed by atoms with Crippen molar-refractivity contribution in [1.82, 2.24) is 20.4 Å². The third-order valence-corrected chi connectivity index (χ3v) is 7.05. The Morgan fingerprint density at radius 1 is 1.06 bits per heavy atom. The van der Waals surface area contributed by atoms with Gasteiger partial charge in [-0.1, -0.05) is 30.3 Å². The van der Waals surface area contributed by atoms with E-state index in [0.29, 0.717) is 11.3 Å². The van der Waals surface area contributed by atoms with Crippen LogP contribution in [0.15, 0.2) is 48.5 Å². The summed E-state index contributed by atoms with van der Waals surface area (Å²) in [6.07, 6.45) is -0.778. The zero-order valence-electron chi connectivity index (χ0n) is 17.5. The number of carbonyl (C=O) groups is 2. The molecule has 2 aliphatic heterocycles. The van der Waals surface area contributed by atoms with Gasteiger partial charge in [-0.15, -0.1) is 11.8 Å². The van der Waals surface area contributed by atoms with Gasteiger partial charge in [0.2, 0.25) is 5.91 Å². The van der Waals surface area contributed by atoms with E-state index in [1.54, 1.807) is 37.3 Å². The third-order valence-electron chi connectivity index (χ3n) is 5.78. The van der Waals surface area contributed by atoms with Crippen LogP contribution in [0.25, 0.3) is 0 Å². The van der Waals surface area contributed by atoms with Crippen LogP contribution in [0, 0.1) is 11.7 Å². The number of urea groups is 1. The van der Waals surface area contributed by atoms with Gasteiger partial charge in [-0.3, -0.25) is 20.3 Å². The molecule has 3 amide bonds. The second-order valence-corrected chi connectivity index (χ2v) is 8.75. The van der Waals surface area contributed by atoms with Crippen LogP contribution >= 0.6 is 11.8 Å². The number of methoxy groups -OCH3 is 1. The molecule has 0 aliphatic carbocycles. The van der Waals surface area contributed by atoms with Crippen LogP contribution < -0.4 is 15.4 Å². The Kier molecular flexibility index (Phi) is 6.17. The molecule has 2 heterocycles. The van der Waals surface area contributed by atoms with Gasteiger partial charge >= 0.3 is 6.03 Å². The highest BCUT2D eigenvalue weighted by Gasteiger charge is 2.51. The number of benzene rings is 2. The minimum absolute atomic E-state index is 0.257. The molecule has 2 aromatic carbocycles. The number of nitrogens with one attached hydrogen (secondary N) is 2. The van der Waals surface area contributed by atoms with Crippen LogP contribution in [-0.2, 0) is 10.5 Å². The average Bonchev–Trinajstić information content (AvgIpc) is 2.80. The third kappa shape index (κ3) is 4.13. The number of thioether (sulfide) groups is 1. The number of carbonyl (C=O) groups excluding carboxylic acids is 2. The molecule has 0 aromatic heterocycles. The summed E-state index contributed by atoms with van der Waals surface area (Å²) >= 11 is 1.46. The van der Waals surface area contributed by atoms with Crippen LogP contribution in [0.4, 0.5) is 9.18 Å². The molecule has 0 radical (unpaired) electrons. The summed E-state index contributed by atoms with van der Waals surface area (Å²) in [7, 11) is 4.78. The molecule has 0 bridgehead atoms. The standard InChI is InChI=1S/C22H25FN4O3S/c1-26-19-17(21(28)27(2)22(26)29)20(31-12-14-6-4-5-7-16(14)23)25-18(24-19)13-8-10-15(30-3)11-9-13/h4-11,17-20,24-25H,12H2,1-3H3. The van der Waals surface area contributed by atoms with E-state index in [4.69, 9.17) is 4.74 Å². The van der Waals surface area contributed by atoms with Gasteiger partial charge < -0.3 is 9.64 Å². The van der Waals surface area contributed by atoms with Crippen LogP contribution in [0.3, 0.4) is 0 Å². The molecule has 2 aromatic rings. The van der Waals surface area contributed by atoms with Crippen molar-refractivity contribution < 1.29 is 18.7 Å². The summed E-state index contributed by atoms with van der Waals surface area (Å²) < 4.78 is 19.4. The summed E-state index contributed by atoms with van der Waals surface area (Å²) in [4.78, 5) is 28.3. The lowest BCUT2D eigenvalue weighted by molar-refractivity contribution is -0.140. The van der Waals surface area contributed by atoms with E-state index in [1.807, 2.05) is 24.3 Å². The molecule has 9 heteroatoms. The van der Waals surface area contributed by atoms with Crippen molar-refractivity contribution in [3.8, 4) is 5.75 Å². The maximum Gasteiger partial charge on any atom is 0.327 e. The molecule has 0 saturated carbocycles. The van der Waals surface area contributed by atoms with E-state index >= 15 is 0 Å². The number of imide groups is 1. The molecule has 4 atom stereocenters. The van der Waals surface area contributed by atoms with Crippen molar-refractivity contribution in [2.24, 2.45) is 5.92 Å². The number of rotatable bonds is 5. The number of amides is 3. The van der Waals surface area contributed by atoms with Crippen molar-refractivity contribution in [3.63, 3.8) is 0 Å². The lowest BCUT2D eigenvalue weighted by Crippen LogP contribution is -2.72. The summed E-state index contributed by atoms with van der Waals surface area (Å²) in [6.45, 7) is 0. The second-order valence-electron chi connectivity index (χ2n) is 7.62. The van der Waals surface area contributed by atoms with E-state index < -0.39 is 12.1 Å². The Bertz CT molecular complexity index is 973. The molecule has 4 rings (SSSR count). The predicted octanol–water partition coefficient (Wildman–Crippen LogP) is 2.75. The van der Waals surface area contributed by atoms with Crippen molar-refractivity contribution in [3.05, 3.63) is 65.5 Å². The van der Waals surface area contributed by atoms with Gasteiger partial charge in [-0.05, 0) is 29.3 Å². The van der Waals surface area contributed by atoms with E-state index in [1.165, 1.54) is 24.9 Å². The first-order chi connectivity index (χ1) is 14.9. The van der Waals surface area contributed by atoms with Gasteiger partial charge in [0.15, 0.2) is 0 Å². The molecule has 2 fully saturated rings. The number of halogens is 1. The first kappa shape index (κ1) is 21.6. The molecule has 2 saturated heterocycles. The van der Waals surface area contributed by atoms with Crippen molar-refractivity contribution in [1.29, 1.82) is 0 Å². The molecule has 2 aliphatic rings. The Morgan fingerprint density at radius 3 is 2.45 bits per heavy atom. The van der Waals surface area contributed by atoms with Crippen molar-refractivity contribution >= 4 is 23.7 Å². The van der Waals surface area contributed by atoms with Crippen LogP contribution in [-0.4, -0.2) is 54.5 Å². The SMILES string of the molecule is COc1ccc(C2NC(SCc3ccccc3F)C3C(=O)N(C)C(=O)N(C)C3N2)cc1. The van der Waals surface area contributed by atoms with E-state index in [0.717, 1.165) is 16.2 Å². The smallest absolute Gasteiger partial charge is 0.327 e. The number of nitrogens with zero attached hydrogens (tertiary/aromatic N) is 2. The normalized spacial score (nSPS) is 26.1. The van der Waals surface area contributed by atoms with Crippen LogP contribution in [0.1, 0.15) is 17.3 Å². The first-order valence-corrected chi connectivity index (χ1v) is 11.0. The molecule has 0 spiro atoms. The Hall–Kier alpha value is -2.62. The minimum Gasteiger partial charge on any atom is -0.497 e. The van der Waals surface area contributed by atoms with E-state index in [9.17, 15) is 14.0 Å². The summed E-state index contributed by atoms with van der Waals surface area (Å²) in [5, 5.41) is 6.55. The number of ether oxygens (including phenoxy) is 1. The minimum atomic E-state index is -0.515. The summed E-state index contributed by atoms with van der Waals surface area (Å²) in [5.74, 6) is 0.0971. The second kappa shape index (κ2) is 8.86. The molecular weight excluding hydrogens is 419 g/mol. The zero-order chi connectivity index (χ0) is 22.1. The van der Waals surface area contributed by atoms with E-state index in [2.05, 4.69) is 10.6 Å². The monoisotopic (exact) mass is 444 g/mol. The van der Waals surface area contributed by atoms with Gasteiger partial charge in [0.05, 0.1) is 30.7 Å². The van der Waals surface area contributed by atoms with Gasteiger partial charge in [0, 0.05) is 19.8 Å². The maximum absolute atomic E-state index is 14.2. The highest BCUT2D eigenvalue weighted by Crippen LogP contribution is 2.36. The van der Waals surface area contributed by atoms with Gasteiger partial charge in [-0.2, -0.15) is 0 Å². The lowest BCUT2D eigenvalue weighted by Gasteiger charge is -2.50. The predicted molar refractivity (Wildman–Crippen MR) is 117 cm³/mol. The van der Waals surface area contributed by atoms with Crippen molar-refractivity contribution in [2.75, 3.05) is 21.2 Å². The molecular formula is C22H25FN4O3S. The molecule has 31 heavy (non-hydrogen) atoms. The number of hydrogen-bond donors (Lipinski definition) is 2. The largest absolute Gasteiger partial charge is 0.497 e. The van der Waals surface area contributed by atoms with Gasteiger partial charge in [0.1, 0.15) is 11.6 Å². The lowest BCUT2D eigenvalue weighted by atomic mass is 9.96.